The number of hydrogen-bond donors (Lipinski definition) is 3. The Labute approximate surface area is 216 Å². The average molecular weight is 506 g/mol. The molecular weight excluding hydrogens is 470 g/mol. The number of carbonyl (C=O) groups excluding carboxylic acids is 1. The Kier molecular flexibility index (Phi) is 5.63. The molecule has 1 aromatic heterocycles. The van der Waals surface area contributed by atoms with Gasteiger partial charge in [0.2, 0.25) is 0 Å². The van der Waals surface area contributed by atoms with Crippen molar-refractivity contribution in [3.63, 3.8) is 0 Å². The molecule has 0 unspecified atom stereocenters. The van der Waals surface area contributed by atoms with Crippen molar-refractivity contribution in [2.75, 3.05) is 12.4 Å². The molecule has 8 heteroatoms. The van der Waals surface area contributed by atoms with Crippen molar-refractivity contribution in [3.05, 3.63) is 40.9 Å². The molecule has 0 saturated heterocycles. The Morgan fingerprint density at radius 3 is 2.78 bits per heavy atom. The number of primary amides is 1. The Morgan fingerprint density at radius 2 is 1.97 bits per heavy atom. The lowest BCUT2D eigenvalue weighted by Crippen LogP contribution is -2.49. The number of amides is 2. The zero-order valence-corrected chi connectivity index (χ0v) is 22.1. The number of nitrogens with two attached hydrogens (primary N) is 1. The third kappa shape index (κ3) is 3.56. The highest BCUT2D eigenvalue weighted by atomic mass is 32.1. The molecular formula is C28H35N5O2S. The summed E-state index contributed by atoms with van der Waals surface area (Å²) in [7, 11) is 1.70. The molecule has 2 aromatic rings. The third-order valence-electron chi connectivity index (χ3n) is 9.68. The van der Waals surface area contributed by atoms with Crippen LogP contribution in [0.2, 0.25) is 0 Å². The number of hydrogen-bond acceptors (Lipinski definition) is 6. The van der Waals surface area contributed by atoms with Crippen molar-refractivity contribution in [1.29, 1.82) is 0 Å². The topological polar surface area (TPSA) is 102 Å². The molecule has 2 amide bonds. The summed E-state index contributed by atoms with van der Waals surface area (Å²) >= 11 is 1.78. The van der Waals surface area contributed by atoms with Gasteiger partial charge in [-0.15, -0.1) is 0 Å². The van der Waals surface area contributed by atoms with Gasteiger partial charge in [-0.25, -0.2) is 15.2 Å². The maximum absolute atomic E-state index is 11.3. The molecule has 0 radical (unpaired) electrons. The normalized spacial score (nSPS) is 33.6. The van der Waals surface area contributed by atoms with Gasteiger partial charge < -0.3 is 15.8 Å². The van der Waals surface area contributed by atoms with Crippen LogP contribution in [0.4, 0.5) is 15.6 Å². The first-order valence-corrected chi connectivity index (χ1v) is 13.9. The van der Waals surface area contributed by atoms with Crippen LogP contribution in [0, 0.1) is 28.6 Å². The summed E-state index contributed by atoms with van der Waals surface area (Å²) in [4.78, 5) is 17.6. The molecule has 1 heterocycles. The van der Waals surface area contributed by atoms with Crippen LogP contribution in [0.5, 0.6) is 5.75 Å². The first-order chi connectivity index (χ1) is 17.3. The van der Waals surface area contributed by atoms with Crippen LogP contribution in [0.25, 0.3) is 5.57 Å². The highest BCUT2D eigenvalue weighted by Crippen LogP contribution is 2.65. The Balaban J connectivity index is 1.29. The van der Waals surface area contributed by atoms with Gasteiger partial charge in [0.1, 0.15) is 5.75 Å². The van der Waals surface area contributed by atoms with E-state index in [0.717, 1.165) is 60.8 Å². The van der Waals surface area contributed by atoms with Crippen molar-refractivity contribution >= 4 is 39.5 Å². The van der Waals surface area contributed by atoms with E-state index in [4.69, 9.17) is 15.5 Å². The number of carbonyl (C=O) groups is 1. The number of allylic oxidation sites excluding steroid dienone is 2. The minimum absolute atomic E-state index is 0.0570. The van der Waals surface area contributed by atoms with Crippen molar-refractivity contribution in [1.82, 2.24) is 10.4 Å². The van der Waals surface area contributed by atoms with Crippen LogP contribution in [0.3, 0.4) is 0 Å². The lowest BCUT2D eigenvalue weighted by atomic mass is 9.48. The van der Waals surface area contributed by atoms with Gasteiger partial charge in [-0.2, -0.15) is 5.10 Å². The molecule has 0 bridgehead atoms. The lowest BCUT2D eigenvalue weighted by Gasteiger charge is -2.56. The number of thiazole rings is 1. The van der Waals surface area contributed by atoms with E-state index < -0.39 is 6.03 Å². The molecule has 4 aliphatic rings. The van der Waals surface area contributed by atoms with E-state index in [-0.39, 0.29) is 10.8 Å². The van der Waals surface area contributed by atoms with Gasteiger partial charge in [-0.05, 0) is 85.8 Å². The molecule has 0 aliphatic heterocycles. The van der Waals surface area contributed by atoms with Crippen molar-refractivity contribution in [3.8, 4) is 5.75 Å². The summed E-state index contributed by atoms with van der Waals surface area (Å²) in [5.74, 6) is 2.75. The number of methoxy groups -OCH3 is 1. The molecule has 1 aromatic carbocycles. The number of nitrogens with one attached hydrogen (secondary N) is 2. The fraction of sp³-hybridized carbons (Fsp3) is 0.536. The minimum Gasteiger partial charge on any atom is -0.495 e. The number of hydrazone groups is 1. The largest absolute Gasteiger partial charge is 0.495 e. The van der Waals surface area contributed by atoms with Gasteiger partial charge in [0.15, 0.2) is 5.13 Å². The molecule has 0 spiro atoms. The van der Waals surface area contributed by atoms with Crippen LogP contribution < -0.4 is 21.2 Å². The van der Waals surface area contributed by atoms with Gasteiger partial charge in [0.25, 0.3) is 0 Å². The highest BCUT2D eigenvalue weighted by Gasteiger charge is 2.58. The minimum atomic E-state index is -0.580. The van der Waals surface area contributed by atoms with Crippen LogP contribution in [-0.2, 0) is 6.42 Å². The van der Waals surface area contributed by atoms with E-state index in [2.05, 4.69) is 35.8 Å². The maximum Gasteiger partial charge on any atom is 0.332 e. The van der Waals surface area contributed by atoms with Gasteiger partial charge >= 0.3 is 6.03 Å². The first kappa shape index (κ1) is 23.5. The highest BCUT2D eigenvalue weighted by molar-refractivity contribution is 7.16. The molecule has 190 valence electrons. The van der Waals surface area contributed by atoms with E-state index in [1.54, 1.807) is 18.4 Å². The van der Waals surface area contributed by atoms with Crippen LogP contribution in [0.1, 0.15) is 62.9 Å². The molecule has 2 saturated carbocycles. The first-order valence-electron chi connectivity index (χ1n) is 13.1. The van der Waals surface area contributed by atoms with E-state index >= 15 is 0 Å². The smallest absolute Gasteiger partial charge is 0.332 e. The number of aromatic nitrogens is 1. The number of para-hydroxylation sites is 2. The quantitative estimate of drug-likeness (QED) is 0.437. The van der Waals surface area contributed by atoms with Crippen molar-refractivity contribution < 1.29 is 9.53 Å². The number of anilines is 2. The summed E-state index contributed by atoms with van der Waals surface area (Å²) in [5.41, 5.74) is 12.9. The number of benzene rings is 1. The summed E-state index contributed by atoms with van der Waals surface area (Å²) in [6, 6.07) is 7.41. The fourth-order valence-electron chi connectivity index (χ4n) is 7.89. The van der Waals surface area contributed by atoms with Crippen molar-refractivity contribution in [2.24, 2.45) is 39.4 Å². The Hall–Kier alpha value is -2.87. The third-order valence-corrected chi connectivity index (χ3v) is 10.7. The second-order valence-corrected chi connectivity index (χ2v) is 12.3. The number of rotatable bonds is 4. The summed E-state index contributed by atoms with van der Waals surface area (Å²) in [6.07, 6.45) is 10.2. The van der Waals surface area contributed by atoms with E-state index in [0.29, 0.717) is 17.8 Å². The maximum atomic E-state index is 11.3. The Morgan fingerprint density at radius 1 is 1.17 bits per heavy atom. The van der Waals surface area contributed by atoms with Gasteiger partial charge in [-0.1, -0.05) is 43.4 Å². The van der Waals surface area contributed by atoms with Crippen LogP contribution in [-0.4, -0.2) is 23.8 Å². The zero-order chi connectivity index (χ0) is 25.1. The molecule has 4 N–H and O–H groups in total. The van der Waals surface area contributed by atoms with Gasteiger partial charge in [-0.3, -0.25) is 0 Å². The molecule has 7 nitrogen and oxygen atoms in total. The SMILES string of the molecule is COc1ccccc1Nc1nc2c(s1)C1=CC[C@@H]3[C@H](CC[C@]4(C)/C(=N/NC(N)=O)CC[C@@H]34)[C@@]1(C)CC2. The average Bonchev–Trinajstić information content (AvgIpc) is 3.42. The summed E-state index contributed by atoms with van der Waals surface area (Å²) < 4.78 is 5.53. The van der Waals surface area contributed by atoms with Gasteiger partial charge in [0, 0.05) is 11.1 Å². The van der Waals surface area contributed by atoms with E-state index in [1.807, 2.05) is 24.3 Å². The number of urea groups is 1. The monoisotopic (exact) mass is 505 g/mol. The van der Waals surface area contributed by atoms with E-state index in [9.17, 15) is 4.79 Å². The Bertz CT molecular complexity index is 1270. The van der Waals surface area contributed by atoms with E-state index in [1.165, 1.54) is 22.6 Å². The predicted octanol–water partition coefficient (Wildman–Crippen LogP) is 6.10. The second-order valence-electron chi connectivity index (χ2n) is 11.3. The molecule has 36 heavy (non-hydrogen) atoms. The standard InChI is InChI=1S/C28H35N5O2S/c1-27-15-13-21-24(36-26(31-21)30-20-6-4-5-7-22(20)35-3)19(27)9-8-16-17-10-11-23(32-33-25(29)34)28(17,2)14-12-18(16)27/h4-7,9,16-18H,8,10-15H2,1-3H3,(H,30,31)(H3,29,33,34)/b32-23+/t16-,17-,18-,27+,28-/m0/s1. The number of aryl methyl sites for hydroxylation is 1. The van der Waals surface area contributed by atoms with Crippen LogP contribution in [0.15, 0.2) is 35.4 Å². The molecule has 4 aliphatic carbocycles. The number of ether oxygens (including phenoxy) is 1. The molecule has 5 atom stereocenters. The fourth-order valence-corrected chi connectivity index (χ4v) is 9.09. The van der Waals surface area contributed by atoms with Gasteiger partial charge in [0.05, 0.1) is 23.4 Å². The predicted molar refractivity (Wildman–Crippen MR) is 145 cm³/mol. The molecule has 6 rings (SSSR count). The number of nitrogens with zero attached hydrogens (tertiary/aromatic N) is 2. The van der Waals surface area contributed by atoms with Crippen LogP contribution >= 0.6 is 11.3 Å². The molecule has 2 fully saturated rings. The van der Waals surface area contributed by atoms with Crippen molar-refractivity contribution in [2.45, 2.75) is 58.8 Å². The lowest BCUT2D eigenvalue weighted by molar-refractivity contribution is 0.0116. The number of fused-ring (bicyclic) bond motifs is 7. The second kappa shape index (κ2) is 8.61. The summed E-state index contributed by atoms with van der Waals surface area (Å²) in [6.45, 7) is 4.87. The summed E-state index contributed by atoms with van der Waals surface area (Å²) in [5, 5.41) is 8.89. The zero-order valence-electron chi connectivity index (χ0n) is 21.3.